The molecular weight excluding hydrogens is 186 g/mol. The maximum Gasteiger partial charge on any atom is 0.142 e. The van der Waals surface area contributed by atoms with Gasteiger partial charge in [-0.3, -0.25) is 0 Å². The number of hydrogen-bond donors (Lipinski definition) is 1. The summed E-state index contributed by atoms with van der Waals surface area (Å²) in [5.74, 6) is 1.000. The van der Waals surface area contributed by atoms with E-state index in [1.54, 1.807) is 0 Å². The summed E-state index contributed by atoms with van der Waals surface area (Å²) in [6.07, 6.45) is 1.11. The van der Waals surface area contributed by atoms with Crippen LogP contribution in [-0.4, -0.2) is 13.2 Å². The number of para-hydroxylation sites is 1. The lowest BCUT2D eigenvalue weighted by Crippen LogP contribution is -2.17. The first kappa shape index (κ1) is 10.3. The molecule has 0 amide bonds. The van der Waals surface area contributed by atoms with Gasteiger partial charge in [0.05, 0.1) is 12.3 Å². The quantitative estimate of drug-likeness (QED) is 0.801. The van der Waals surface area contributed by atoms with Crippen molar-refractivity contribution in [3.05, 3.63) is 23.8 Å². The molecule has 1 N–H and O–H groups in total. The van der Waals surface area contributed by atoms with Crippen LogP contribution in [0.1, 0.15) is 26.3 Å². The van der Waals surface area contributed by atoms with E-state index < -0.39 is 0 Å². The lowest BCUT2D eigenvalue weighted by Gasteiger charge is -2.20. The summed E-state index contributed by atoms with van der Waals surface area (Å²) in [5, 5.41) is 3.38. The van der Waals surface area contributed by atoms with Gasteiger partial charge in [0.1, 0.15) is 5.75 Å². The predicted octanol–water partition coefficient (Wildman–Crippen LogP) is 3.08. The molecule has 82 valence electrons. The van der Waals surface area contributed by atoms with Crippen LogP contribution >= 0.6 is 0 Å². The fourth-order valence-corrected chi connectivity index (χ4v) is 1.72. The molecule has 1 aliphatic rings. The van der Waals surface area contributed by atoms with Crippen LogP contribution in [0.2, 0.25) is 0 Å². The molecule has 0 atom stereocenters. The van der Waals surface area contributed by atoms with E-state index in [-0.39, 0.29) is 5.41 Å². The van der Waals surface area contributed by atoms with Gasteiger partial charge in [-0.15, -0.1) is 0 Å². The first-order valence-corrected chi connectivity index (χ1v) is 5.55. The van der Waals surface area contributed by atoms with Crippen molar-refractivity contribution in [2.24, 2.45) is 5.41 Å². The van der Waals surface area contributed by atoms with Crippen LogP contribution in [0.4, 0.5) is 5.69 Å². The summed E-state index contributed by atoms with van der Waals surface area (Å²) >= 11 is 0. The van der Waals surface area contributed by atoms with Gasteiger partial charge in [-0.25, -0.2) is 0 Å². The zero-order valence-corrected chi connectivity index (χ0v) is 9.76. The number of fused-ring (bicyclic) bond motifs is 1. The second kappa shape index (κ2) is 3.76. The van der Waals surface area contributed by atoms with Crippen molar-refractivity contribution < 1.29 is 4.74 Å². The highest BCUT2D eigenvalue weighted by atomic mass is 16.5. The molecule has 1 aliphatic heterocycles. The van der Waals surface area contributed by atoms with Gasteiger partial charge in [0.25, 0.3) is 0 Å². The fourth-order valence-electron chi connectivity index (χ4n) is 1.72. The minimum atomic E-state index is 0.210. The monoisotopic (exact) mass is 205 g/mol. The third kappa shape index (κ3) is 2.44. The normalized spacial score (nSPS) is 14.6. The number of benzene rings is 1. The summed E-state index contributed by atoms with van der Waals surface area (Å²) in [6.45, 7) is 8.34. The van der Waals surface area contributed by atoms with Gasteiger partial charge >= 0.3 is 0 Å². The molecule has 0 radical (unpaired) electrons. The third-order valence-corrected chi connectivity index (χ3v) is 2.47. The lowest BCUT2D eigenvalue weighted by molar-refractivity contribution is 0.199. The molecule has 0 aliphatic carbocycles. The lowest BCUT2D eigenvalue weighted by atomic mass is 9.99. The van der Waals surface area contributed by atoms with Crippen molar-refractivity contribution in [3.63, 3.8) is 0 Å². The smallest absolute Gasteiger partial charge is 0.142 e. The summed E-state index contributed by atoms with van der Waals surface area (Å²) in [7, 11) is 0. The Morgan fingerprint density at radius 3 is 2.87 bits per heavy atom. The Morgan fingerprint density at radius 1 is 1.33 bits per heavy atom. The number of ether oxygens (including phenoxy) is 1. The van der Waals surface area contributed by atoms with Crippen LogP contribution in [0.5, 0.6) is 5.75 Å². The Kier molecular flexibility index (Phi) is 2.59. The van der Waals surface area contributed by atoms with Crippen molar-refractivity contribution in [2.75, 3.05) is 18.5 Å². The first-order chi connectivity index (χ1) is 7.06. The number of hydrogen-bond acceptors (Lipinski definition) is 2. The fraction of sp³-hybridized carbons (Fsp3) is 0.538. The van der Waals surface area contributed by atoms with E-state index in [2.05, 4.69) is 38.2 Å². The summed E-state index contributed by atoms with van der Waals surface area (Å²) < 4.78 is 5.85. The van der Waals surface area contributed by atoms with Gasteiger partial charge in [-0.1, -0.05) is 32.9 Å². The molecule has 0 spiro atoms. The highest BCUT2D eigenvalue weighted by Gasteiger charge is 2.17. The van der Waals surface area contributed by atoms with Gasteiger partial charge in [0.15, 0.2) is 0 Å². The second-order valence-electron chi connectivity index (χ2n) is 5.32. The van der Waals surface area contributed by atoms with E-state index in [1.807, 2.05) is 6.07 Å². The minimum Gasteiger partial charge on any atom is -0.491 e. The molecule has 0 unspecified atom stereocenters. The standard InChI is InChI=1S/C13H19NO/c1-13(2,3)9-15-11-6-4-5-10-7-8-14-12(10)11/h4-6,14H,7-9H2,1-3H3. The summed E-state index contributed by atoms with van der Waals surface area (Å²) in [6, 6.07) is 6.28. The van der Waals surface area contributed by atoms with Crippen LogP contribution in [0.15, 0.2) is 18.2 Å². The average Bonchev–Trinajstić information content (AvgIpc) is 2.61. The van der Waals surface area contributed by atoms with Crippen LogP contribution in [0.3, 0.4) is 0 Å². The SMILES string of the molecule is CC(C)(C)COc1cccc2c1NCC2. The molecule has 0 saturated carbocycles. The highest BCUT2D eigenvalue weighted by Crippen LogP contribution is 2.33. The molecule has 0 bridgehead atoms. The third-order valence-electron chi connectivity index (χ3n) is 2.47. The van der Waals surface area contributed by atoms with E-state index in [0.29, 0.717) is 0 Å². The van der Waals surface area contributed by atoms with Gasteiger partial charge < -0.3 is 10.1 Å². The van der Waals surface area contributed by atoms with Crippen LogP contribution in [-0.2, 0) is 6.42 Å². The molecule has 2 heteroatoms. The molecule has 2 nitrogen and oxygen atoms in total. The van der Waals surface area contributed by atoms with Crippen molar-refractivity contribution >= 4 is 5.69 Å². The van der Waals surface area contributed by atoms with Gasteiger partial charge in [-0.2, -0.15) is 0 Å². The Labute approximate surface area is 91.6 Å². The number of anilines is 1. The molecule has 1 aromatic carbocycles. The maximum atomic E-state index is 5.85. The molecule has 1 heterocycles. The van der Waals surface area contributed by atoms with Crippen molar-refractivity contribution in [1.29, 1.82) is 0 Å². The Bertz CT molecular complexity index is 352. The van der Waals surface area contributed by atoms with Gasteiger partial charge in [-0.05, 0) is 23.5 Å². The second-order valence-corrected chi connectivity index (χ2v) is 5.32. The summed E-state index contributed by atoms with van der Waals surface area (Å²) in [4.78, 5) is 0. The molecule has 15 heavy (non-hydrogen) atoms. The summed E-state index contributed by atoms with van der Waals surface area (Å²) in [5.41, 5.74) is 2.78. The van der Waals surface area contributed by atoms with Crippen molar-refractivity contribution in [3.8, 4) is 5.75 Å². The zero-order valence-electron chi connectivity index (χ0n) is 9.76. The van der Waals surface area contributed by atoms with Crippen LogP contribution < -0.4 is 10.1 Å². The number of rotatable bonds is 2. The number of nitrogens with one attached hydrogen (secondary N) is 1. The van der Waals surface area contributed by atoms with E-state index >= 15 is 0 Å². The van der Waals surface area contributed by atoms with E-state index in [1.165, 1.54) is 11.3 Å². The Morgan fingerprint density at radius 2 is 2.13 bits per heavy atom. The largest absolute Gasteiger partial charge is 0.491 e. The van der Waals surface area contributed by atoms with Gasteiger partial charge in [0, 0.05) is 6.54 Å². The molecule has 2 rings (SSSR count). The zero-order chi connectivity index (χ0) is 10.9. The molecular formula is C13H19NO. The maximum absolute atomic E-state index is 5.85. The van der Waals surface area contributed by atoms with Crippen LogP contribution in [0.25, 0.3) is 0 Å². The van der Waals surface area contributed by atoms with Gasteiger partial charge in [0.2, 0.25) is 0 Å². The first-order valence-electron chi connectivity index (χ1n) is 5.55. The van der Waals surface area contributed by atoms with Crippen molar-refractivity contribution in [1.82, 2.24) is 0 Å². The predicted molar refractivity (Wildman–Crippen MR) is 63.6 cm³/mol. The van der Waals surface area contributed by atoms with E-state index in [9.17, 15) is 0 Å². The Balaban J connectivity index is 2.12. The van der Waals surface area contributed by atoms with Crippen LogP contribution in [0, 0.1) is 5.41 Å². The van der Waals surface area contributed by atoms with E-state index in [0.717, 1.165) is 25.3 Å². The highest BCUT2D eigenvalue weighted by molar-refractivity contribution is 5.65. The molecule has 0 aromatic heterocycles. The molecule has 0 saturated heterocycles. The minimum absolute atomic E-state index is 0.210. The average molecular weight is 205 g/mol. The van der Waals surface area contributed by atoms with Crippen molar-refractivity contribution in [2.45, 2.75) is 27.2 Å². The topological polar surface area (TPSA) is 21.3 Å². The molecule has 0 fully saturated rings. The Hall–Kier alpha value is -1.18. The molecule has 1 aromatic rings. The van der Waals surface area contributed by atoms with E-state index in [4.69, 9.17) is 4.74 Å².